The molecule has 2 nitrogen and oxygen atoms in total. The van der Waals surface area contributed by atoms with Crippen molar-refractivity contribution in [2.24, 2.45) is 35.0 Å². The topological polar surface area (TPSA) is 40.5 Å². The van der Waals surface area contributed by atoms with Crippen LogP contribution in [-0.2, 0) is 0 Å². The Morgan fingerprint density at radius 3 is 2.65 bits per heavy atom. The first-order valence-electron chi connectivity index (χ1n) is 13.3. The first-order valence-corrected chi connectivity index (χ1v) is 13.3. The highest BCUT2D eigenvalue weighted by molar-refractivity contribution is 5.26. The molecule has 178 valence electrons. The molecule has 0 aromatic heterocycles. The van der Waals surface area contributed by atoms with Gasteiger partial charge < -0.3 is 10.2 Å². The Kier molecular flexibility index (Phi) is 7.85. The second-order valence-electron chi connectivity index (χ2n) is 12.4. The summed E-state index contributed by atoms with van der Waals surface area (Å²) in [6, 6.07) is 0. The van der Waals surface area contributed by atoms with Gasteiger partial charge in [-0.1, -0.05) is 51.3 Å². The molecule has 7 unspecified atom stereocenters. The summed E-state index contributed by atoms with van der Waals surface area (Å²) in [6.07, 6.45) is 18.3. The van der Waals surface area contributed by atoms with Gasteiger partial charge in [0.1, 0.15) is 0 Å². The van der Waals surface area contributed by atoms with Gasteiger partial charge in [-0.2, -0.15) is 0 Å². The molecule has 0 aromatic carbocycles. The number of hydrogen-bond donors (Lipinski definition) is 2. The Morgan fingerprint density at radius 2 is 2.00 bits per heavy atom. The van der Waals surface area contributed by atoms with Crippen LogP contribution < -0.4 is 0 Å². The summed E-state index contributed by atoms with van der Waals surface area (Å²) in [6.45, 7) is 15.1. The van der Waals surface area contributed by atoms with Crippen molar-refractivity contribution in [1.82, 2.24) is 0 Å². The van der Waals surface area contributed by atoms with E-state index in [9.17, 15) is 10.2 Å². The quantitative estimate of drug-likeness (QED) is 0.373. The van der Waals surface area contributed by atoms with Gasteiger partial charge in [-0.15, -0.1) is 6.58 Å². The van der Waals surface area contributed by atoms with E-state index < -0.39 is 11.2 Å². The summed E-state index contributed by atoms with van der Waals surface area (Å²) in [7, 11) is 0. The minimum atomic E-state index is -0.572. The van der Waals surface area contributed by atoms with Crippen LogP contribution in [0, 0.1) is 35.0 Å². The summed E-state index contributed by atoms with van der Waals surface area (Å²) in [5.41, 5.74) is 0.871. The maximum absolute atomic E-state index is 10.9. The van der Waals surface area contributed by atoms with E-state index in [0.29, 0.717) is 11.3 Å². The molecule has 3 aliphatic carbocycles. The van der Waals surface area contributed by atoms with Gasteiger partial charge in [0.2, 0.25) is 0 Å². The number of allylic oxidation sites excluding steroid dienone is 2. The van der Waals surface area contributed by atoms with Gasteiger partial charge in [0.15, 0.2) is 0 Å². The van der Waals surface area contributed by atoms with Crippen molar-refractivity contribution in [3.05, 3.63) is 24.3 Å². The predicted molar refractivity (Wildman–Crippen MR) is 132 cm³/mol. The molecular weight excluding hydrogens is 380 g/mol. The third kappa shape index (κ3) is 5.67. The highest BCUT2D eigenvalue weighted by Crippen LogP contribution is 2.60. The third-order valence-electron chi connectivity index (χ3n) is 9.78. The average Bonchev–Trinajstić information content (AvgIpc) is 2.71. The first-order chi connectivity index (χ1) is 14.5. The molecule has 3 aliphatic rings. The molecule has 2 fully saturated rings. The lowest BCUT2D eigenvalue weighted by molar-refractivity contribution is -0.0522. The molecule has 0 radical (unpaired) electrons. The second-order valence-corrected chi connectivity index (χ2v) is 12.4. The lowest BCUT2D eigenvalue weighted by Crippen LogP contribution is -2.50. The standard InChI is InChI=1S/C29H50O2/c1-7-22(16-17-27(4,5)30)10-9-11-24-21(3)12-15-26-25(24)14-13-23-20-29(31,8-2)19-18-28(23,26)6/h7,13,21-22,24-26,30-31H,1,8-12,14-20H2,2-6H3. The maximum Gasteiger partial charge on any atom is 0.0682 e. The fraction of sp³-hybridized carbons (Fsp3) is 0.862. The molecule has 0 aromatic rings. The number of rotatable bonds is 9. The monoisotopic (exact) mass is 430 g/mol. The van der Waals surface area contributed by atoms with E-state index >= 15 is 0 Å². The zero-order valence-electron chi connectivity index (χ0n) is 21.1. The number of aliphatic hydroxyl groups is 2. The van der Waals surface area contributed by atoms with Crippen LogP contribution in [0.3, 0.4) is 0 Å². The number of hydrogen-bond acceptors (Lipinski definition) is 2. The SMILES string of the molecule is C=CC(CCCC1C(C)CCC2C1CC=C1CC(O)(CC)CCC12C)CCC(C)(C)O. The van der Waals surface area contributed by atoms with Gasteiger partial charge in [0.05, 0.1) is 11.2 Å². The normalized spacial score (nSPS) is 39.3. The largest absolute Gasteiger partial charge is 0.390 e. The fourth-order valence-corrected chi connectivity index (χ4v) is 7.36. The van der Waals surface area contributed by atoms with E-state index in [1.54, 1.807) is 5.57 Å². The highest BCUT2D eigenvalue weighted by Gasteiger charge is 2.52. The molecule has 2 saturated carbocycles. The smallest absolute Gasteiger partial charge is 0.0682 e. The van der Waals surface area contributed by atoms with E-state index in [4.69, 9.17) is 0 Å². The fourth-order valence-electron chi connectivity index (χ4n) is 7.36. The summed E-state index contributed by atoms with van der Waals surface area (Å²) in [5.74, 6) is 3.82. The molecule has 0 spiro atoms. The van der Waals surface area contributed by atoms with E-state index in [1.165, 1.54) is 44.9 Å². The van der Waals surface area contributed by atoms with E-state index in [1.807, 2.05) is 13.8 Å². The van der Waals surface area contributed by atoms with Crippen molar-refractivity contribution in [3.8, 4) is 0 Å². The Labute approximate surface area is 192 Å². The van der Waals surface area contributed by atoms with Crippen LogP contribution in [0.2, 0.25) is 0 Å². The van der Waals surface area contributed by atoms with Gasteiger partial charge in [-0.3, -0.25) is 0 Å². The molecule has 2 heteroatoms. The minimum absolute atomic E-state index is 0.319. The van der Waals surface area contributed by atoms with Crippen LogP contribution in [0.1, 0.15) is 112 Å². The molecule has 3 rings (SSSR count). The third-order valence-corrected chi connectivity index (χ3v) is 9.78. The van der Waals surface area contributed by atoms with Crippen LogP contribution in [0.25, 0.3) is 0 Å². The first kappa shape index (κ1) is 25.0. The van der Waals surface area contributed by atoms with Crippen molar-refractivity contribution in [2.75, 3.05) is 0 Å². The lowest BCUT2D eigenvalue weighted by Gasteiger charge is -2.57. The van der Waals surface area contributed by atoms with E-state index in [-0.39, 0.29) is 0 Å². The van der Waals surface area contributed by atoms with E-state index in [0.717, 1.165) is 55.8 Å². The Morgan fingerprint density at radius 1 is 1.26 bits per heavy atom. The van der Waals surface area contributed by atoms with Crippen LogP contribution in [0.5, 0.6) is 0 Å². The molecule has 7 atom stereocenters. The maximum atomic E-state index is 10.9. The van der Waals surface area contributed by atoms with Crippen molar-refractivity contribution in [1.29, 1.82) is 0 Å². The lowest BCUT2D eigenvalue weighted by atomic mass is 9.49. The minimum Gasteiger partial charge on any atom is -0.390 e. The second kappa shape index (κ2) is 9.72. The van der Waals surface area contributed by atoms with Gasteiger partial charge in [-0.05, 0) is 113 Å². The van der Waals surface area contributed by atoms with Crippen molar-refractivity contribution < 1.29 is 10.2 Å². The predicted octanol–water partition coefficient (Wildman–Crippen LogP) is 7.45. The molecular formula is C29H50O2. The summed E-state index contributed by atoms with van der Waals surface area (Å²) < 4.78 is 0. The average molecular weight is 431 g/mol. The van der Waals surface area contributed by atoms with Crippen LogP contribution >= 0.6 is 0 Å². The Balaban J connectivity index is 1.63. The van der Waals surface area contributed by atoms with Gasteiger partial charge >= 0.3 is 0 Å². The van der Waals surface area contributed by atoms with Gasteiger partial charge in [-0.25, -0.2) is 0 Å². The van der Waals surface area contributed by atoms with Crippen molar-refractivity contribution in [3.63, 3.8) is 0 Å². The number of fused-ring (bicyclic) bond motifs is 3. The molecule has 0 amide bonds. The molecule has 0 saturated heterocycles. The molecule has 2 N–H and O–H groups in total. The Bertz CT molecular complexity index is 644. The molecule has 0 bridgehead atoms. The van der Waals surface area contributed by atoms with Gasteiger partial charge in [0.25, 0.3) is 0 Å². The highest BCUT2D eigenvalue weighted by atomic mass is 16.3. The summed E-state index contributed by atoms with van der Waals surface area (Å²) in [5, 5.41) is 21.0. The molecule has 31 heavy (non-hydrogen) atoms. The van der Waals surface area contributed by atoms with Gasteiger partial charge in [0, 0.05) is 0 Å². The van der Waals surface area contributed by atoms with Crippen molar-refractivity contribution >= 4 is 0 Å². The molecule has 0 aliphatic heterocycles. The molecule has 0 heterocycles. The Hall–Kier alpha value is -0.600. The van der Waals surface area contributed by atoms with Crippen LogP contribution in [0.15, 0.2) is 24.3 Å². The zero-order valence-corrected chi connectivity index (χ0v) is 21.1. The zero-order chi connectivity index (χ0) is 22.9. The summed E-state index contributed by atoms with van der Waals surface area (Å²) >= 11 is 0. The van der Waals surface area contributed by atoms with Crippen LogP contribution in [0.4, 0.5) is 0 Å². The summed E-state index contributed by atoms with van der Waals surface area (Å²) in [4.78, 5) is 0. The van der Waals surface area contributed by atoms with E-state index in [2.05, 4.69) is 39.5 Å². The van der Waals surface area contributed by atoms with Crippen LogP contribution in [-0.4, -0.2) is 21.4 Å². The van der Waals surface area contributed by atoms with Crippen molar-refractivity contribution in [2.45, 2.75) is 123 Å².